The number of methoxy groups -OCH3 is 1. The van der Waals surface area contributed by atoms with Crippen LogP contribution in [0.1, 0.15) is 18.1 Å². The van der Waals surface area contributed by atoms with E-state index in [2.05, 4.69) is 4.98 Å². The van der Waals surface area contributed by atoms with E-state index in [1.165, 1.54) is 0 Å². The van der Waals surface area contributed by atoms with Gasteiger partial charge in [0, 0.05) is 11.7 Å². The van der Waals surface area contributed by atoms with E-state index in [1.807, 2.05) is 61.7 Å². The Kier molecular flexibility index (Phi) is 2.99. The number of hydrogen-bond donors (Lipinski definition) is 2. The lowest BCUT2D eigenvalue weighted by atomic mass is 9.88. The van der Waals surface area contributed by atoms with E-state index in [1.54, 1.807) is 7.11 Å². The Labute approximate surface area is 117 Å². The topological polar surface area (TPSA) is 45.2 Å². The zero-order valence-electron chi connectivity index (χ0n) is 11.6. The monoisotopic (exact) mass is 267 g/mol. The zero-order chi connectivity index (χ0) is 14.2. The van der Waals surface area contributed by atoms with Gasteiger partial charge in [-0.05, 0) is 53.8 Å². The minimum atomic E-state index is -1.03. The van der Waals surface area contributed by atoms with Crippen LogP contribution in [0.5, 0.6) is 5.75 Å². The first kappa shape index (κ1) is 12.8. The quantitative estimate of drug-likeness (QED) is 0.763. The summed E-state index contributed by atoms with van der Waals surface area (Å²) in [6, 6.07) is 15.4. The number of benzene rings is 2. The predicted octanol–water partition coefficient (Wildman–Crippen LogP) is 3.43. The fourth-order valence-corrected chi connectivity index (χ4v) is 2.44. The standard InChI is InChI=1S/C17H17NO2/c1-17(19,13-3-6-15(20-2)7-4-13)14-5-8-16-12(11-14)9-10-18-16/h3-11,18-19H,1-2H3. The number of aliphatic hydroxyl groups is 1. The van der Waals surface area contributed by atoms with Gasteiger partial charge in [-0.1, -0.05) is 18.2 Å². The second kappa shape index (κ2) is 4.69. The van der Waals surface area contributed by atoms with Crippen molar-refractivity contribution in [2.24, 2.45) is 0 Å². The Morgan fingerprint density at radius 1 is 1.00 bits per heavy atom. The molecule has 20 heavy (non-hydrogen) atoms. The predicted molar refractivity (Wildman–Crippen MR) is 80.0 cm³/mol. The Bertz CT molecular complexity index is 726. The van der Waals surface area contributed by atoms with Gasteiger partial charge in [0.25, 0.3) is 0 Å². The normalized spacial score (nSPS) is 14.2. The van der Waals surface area contributed by atoms with Gasteiger partial charge < -0.3 is 14.8 Å². The number of aromatic amines is 1. The van der Waals surface area contributed by atoms with Crippen molar-refractivity contribution in [3.05, 3.63) is 65.9 Å². The van der Waals surface area contributed by atoms with Crippen molar-refractivity contribution in [1.29, 1.82) is 0 Å². The van der Waals surface area contributed by atoms with Crippen LogP contribution >= 0.6 is 0 Å². The van der Waals surface area contributed by atoms with Gasteiger partial charge in [-0.2, -0.15) is 0 Å². The number of fused-ring (bicyclic) bond motifs is 1. The van der Waals surface area contributed by atoms with Gasteiger partial charge in [-0.25, -0.2) is 0 Å². The first-order chi connectivity index (χ1) is 9.61. The molecular formula is C17H17NO2. The van der Waals surface area contributed by atoms with E-state index in [-0.39, 0.29) is 0 Å². The van der Waals surface area contributed by atoms with Crippen LogP contribution in [-0.4, -0.2) is 17.2 Å². The van der Waals surface area contributed by atoms with Gasteiger partial charge in [-0.3, -0.25) is 0 Å². The molecule has 1 heterocycles. The summed E-state index contributed by atoms with van der Waals surface area (Å²) in [6.45, 7) is 1.81. The molecule has 3 aromatic rings. The van der Waals surface area contributed by atoms with Crippen molar-refractivity contribution in [1.82, 2.24) is 4.98 Å². The minimum absolute atomic E-state index is 0.783. The molecule has 1 atom stereocenters. The van der Waals surface area contributed by atoms with E-state index < -0.39 is 5.60 Å². The molecule has 102 valence electrons. The minimum Gasteiger partial charge on any atom is -0.497 e. The van der Waals surface area contributed by atoms with Crippen LogP contribution in [0.3, 0.4) is 0 Å². The van der Waals surface area contributed by atoms with Crippen LogP contribution in [0.2, 0.25) is 0 Å². The molecule has 3 nitrogen and oxygen atoms in total. The lowest BCUT2D eigenvalue weighted by molar-refractivity contribution is 0.102. The molecule has 1 aromatic heterocycles. The molecule has 2 aromatic carbocycles. The molecule has 2 N–H and O–H groups in total. The third-order valence-corrected chi connectivity index (χ3v) is 3.77. The van der Waals surface area contributed by atoms with Gasteiger partial charge in [-0.15, -0.1) is 0 Å². The third kappa shape index (κ3) is 2.06. The second-order valence-corrected chi connectivity index (χ2v) is 5.08. The highest BCUT2D eigenvalue weighted by Gasteiger charge is 2.25. The lowest BCUT2D eigenvalue weighted by Gasteiger charge is -2.25. The van der Waals surface area contributed by atoms with Crippen molar-refractivity contribution in [2.75, 3.05) is 7.11 Å². The molecule has 0 saturated carbocycles. The van der Waals surface area contributed by atoms with Crippen molar-refractivity contribution < 1.29 is 9.84 Å². The number of hydrogen-bond acceptors (Lipinski definition) is 2. The number of rotatable bonds is 3. The molecule has 3 rings (SSSR count). The summed E-state index contributed by atoms with van der Waals surface area (Å²) in [6.07, 6.45) is 1.90. The van der Waals surface area contributed by atoms with Crippen LogP contribution < -0.4 is 4.74 Å². The molecule has 0 amide bonds. The first-order valence-corrected chi connectivity index (χ1v) is 6.56. The lowest BCUT2D eigenvalue weighted by Crippen LogP contribution is -2.22. The Balaban J connectivity index is 2.04. The van der Waals surface area contributed by atoms with Crippen LogP contribution in [0.15, 0.2) is 54.7 Å². The highest BCUT2D eigenvalue weighted by Crippen LogP contribution is 2.31. The third-order valence-electron chi connectivity index (χ3n) is 3.77. The summed E-state index contributed by atoms with van der Waals surface area (Å²) in [5.74, 6) is 0.783. The largest absolute Gasteiger partial charge is 0.497 e. The summed E-state index contributed by atoms with van der Waals surface area (Å²) in [5.41, 5.74) is 1.75. The SMILES string of the molecule is COc1ccc(C(C)(O)c2ccc3[nH]ccc3c2)cc1. The van der Waals surface area contributed by atoms with Crippen molar-refractivity contribution in [3.8, 4) is 5.75 Å². The highest BCUT2D eigenvalue weighted by molar-refractivity contribution is 5.80. The van der Waals surface area contributed by atoms with Crippen LogP contribution in [0.25, 0.3) is 10.9 Å². The molecule has 0 fully saturated rings. The molecule has 0 spiro atoms. The maximum Gasteiger partial charge on any atom is 0.118 e. The first-order valence-electron chi connectivity index (χ1n) is 6.56. The van der Waals surface area contributed by atoms with Crippen LogP contribution in [0, 0.1) is 0 Å². The summed E-state index contributed by atoms with van der Waals surface area (Å²) in [7, 11) is 1.63. The van der Waals surface area contributed by atoms with E-state index in [9.17, 15) is 5.11 Å². The summed E-state index contributed by atoms with van der Waals surface area (Å²) in [5, 5.41) is 12.0. The molecule has 0 radical (unpaired) electrons. The van der Waals surface area contributed by atoms with Crippen molar-refractivity contribution >= 4 is 10.9 Å². The fraction of sp³-hybridized carbons (Fsp3) is 0.176. The number of H-pyrrole nitrogens is 1. The Hall–Kier alpha value is -2.26. The molecule has 0 aliphatic rings. The van der Waals surface area contributed by atoms with Crippen LogP contribution in [-0.2, 0) is 5.60 Å². The molecule has 0 saturated heterocycles. The van der Waals surface area contributed by atoms with Gasteiger partial charge in [0.15, 0.2) is 0 Å². The zero-order valence-corrected chi connectivity index (χ0v) is 11.6. The maximum absolute atomic E-state index is 10.9. The van der Waals surface area contributed by atoms with E-state index in [0.29, 0.717) is 0 Å². The second-order valence-electron chi connectivity index (χ2n) is 5.08. The molecule has 3 heteroatoms. The van der Waals surface area contributed by atoms with Gasteiger partial charge in [0.1, 0.15) is 11.4 Å². The fourth-order valence-electron chi connectivity index (χ4n) is 2.44. The van der Waals surface area contributed by atoms with E-state index in [4.69, 9.17) is 4.74 Å². The smallest absolute Gasteiger partial charge is 0.118 e. The Morgan fingerprint density at radius 3 is 2.40 bits per heavy atom. The molecule has 1 unspecified atom stereocenters. The number of aromatic nitrogens is 1. The molecule has 0 bridgehead atoms. The van der Waals surface area contributed by atoms with Gasteiger partial charge in [0.05, 0.1) is 7.11 Å². The van der Waals surface area contributed by atoms with E-state index in [0.717, 1.165) is 27.8 Å². The van der Waals surface area contributed by atoms with Crippen LogP contribution in [0.4, 0.5) is 0 Å². The summed E-state index contributed by atoms with van der Waals surface area (Å²) in [4.78, 5) is 3.15. The average molecular weight is 267 g/mol. The van der Waals surface area contributed by atoms with Gasteiger partial charge in [0.2, 0.25) is 0 Å². The molecule has 0 aliphatic carbocycles. The van der Waals surface area contributed by atoms with E-state index >= 15 is 0 Å². The van der Waals surface area contributed by atoms with Crippen molar-refractivity contribution in [2.45, 2.75) is 12.5 Å². The summed E-state index contributed by atoms with van der Waals surface area (Å²) < 4.78 is 5.15. The molecular weight excluding hydrogens is 250 g/mol. The summed E-state index contributed by atoms with van der Waals surface area (Å²) >= 11 is 0. The maximum atomic E-state index is 10.9. The number of nitrogens with one attached hydrogen (secondary N) is 1. The average Bonchev–Trinajstić information content (AvgIpc) is 2.94. The van der Waals surface area contributed by atoms with Gasteiger partial charge >= 0.3 is 0 Å². The van der Waals surface area contributed by atoms with Crippen molar-refractivity contribution in [3.63, 3.8) is 0 Å². The highest BCUT2D eigenvalue weighted by atomic mass is 16.5. The molecule has 0 aliphatic heterocycles. The Morgan fingerprint density at radius 2 is 1.70 bits per heavy atom. The number of ether oxygens (including phenoxy) is 1.